The van der Waals surface area contributed by atoms with E-state index in [-0.39, 0.29) is 70.6 Å². The molecule has 8 rings (SSSR count). The average Bonchev–Trinajstić information content (AvgIpc) is 3.33. The summed E-state index contributed by atoms with van der Waals surface area (Å²) in [4.78, 5) is 0. The largest absolute Gasteiger partial charge is 0.222 e. The van der Waals surface area contributed by atoms with Crippen LogP contribution in [-0.4, -0.2) is 24.6 Å². The molecule has 0 unspecified atom stereocenters. The van der Waals surface area contributed by atoms with Gasteiger partial charge in [0.2, 0.25) is 0 Å². The second-order valence-electron chi connectivity index (χ2n) is 14.0. The van der Waals surface area contributed by atoms with Crippen molar-refractivity contribution in [3.05, 3.63) is 243 Å². The molecule has 0 N–H and O–H groups in total. The van der Waals surface area contributed by atoms with E-state index in [0.717, 1.165) is 0 Å². The molecule has 0 bridgehead atoms. The van der Waals surface area contributed by atoms with Gasteiger partial charge in [-0.25, -0.2) is 37.3 Å². The molecule has 2 radical (unpaired) electrons. The fraction of sp³-hybridized carbons (Fsp3) is 0.0769. The molecule has 0 saturated heterocycles. The molecule has 8 nitrogen and oxygen atoms in total. The Balaban J connectivity index is 0.000000293. The van der Waals surface area contributed by atoms with E-state index in [1.54, 1.807) is 0 Å². The molecule has 8 aromatic rings. The van der Waals surface area contributed by atoms with Crippen molar-refractivity contribution in [2.75, 3.05) is 24.6 Å². The van der Waals surface area contributed by atoms with E-state index >= 15 is 0 Å². The van der Waals surface area contributed by atoms with Crippen LogP contribution in [0, 0.1) is 20.5 Å². The molecule has 0 aliphatic carbocycles. The van der Waals surface area contributed by atoms with Crippen LogP contribution in [0.4, 0.5) is 0 Å². The van der Waals surface area contributed by atoms with E-state index in [9.17, 15) is 0 Å². The van der Waals surface area contributed by atoms with Crippen LogP contribution >= 0.6 is 31.7 Å². The summed E-state index contributed by atoms with van der Waals surface area (Å²) < 4.78 is 67.9. The number of benzene rings is 8. The zero-order valence-electron chi connectivity index (χ0n) is 36.4. The minimum Gasteiger partial charge on any atom is -0.222 e. The Morgan fingerprint density at radius 1 is 0.206 bits per heavy atom. The van der Waals surface area contributed by atoms with Crippen molar-refractivity contribution < 1.29 is 96.7 Å². The summed E-state index contributed by atoms with van der Waals surface area (Å²) in [6.45, 7) is 0. The van der Waals surface area contributed by atoms with Gasteiger partial charge in [-0.05, 0) is 98.8 Å². The Morgan fingerprint density at radius 2 is 0.294 bits per heavy atom. The van der Waals surface area contributed by atoms with Gasteiger partial charge in [0, 0.05) is 39.0 Å². The molecule has 0 aliphatic heterocycles. The molecule has 0 atom stereocenters. The predicted molar refractivity (Wildman–Crippen MR) is 256 cm³/mol. The third-order valence-electron chi connectivity index (χ3n) is 9.64. The van der Waals surface area contributed by atoms with Crippen molar-refractivity contribution in [1.82, 2.24) is 0 Å². The van der Waals surface area contributed by atoms with Crippen molar-refractivity contribution >= 4 is 74.1 Å². The Hall–Kier alpha value is -3.01. The van der Waals surface area contributed by atoms with E-state index in [1.165, 1.54) is 67.1 Å². The van der Waals surface area contributed by atoms with Crippen LogP contribution in [0.3, 0.4) is 0 Å². The summed E-state index contributed by atoms with van der Waals surface area (Å²) in [5, 5.41) is 11.8. The molecule has 16 heteroatoms. The van der Waals surface area contributed by atoms with Gasteiger partial charge in [0.1, 0.15) is 0 Å². The quantitative estimate of drug-likeness (QED) is 0.114. The van der Waals surface area contributed by atoms with E-state index in [2.05, 4.69) is 243 Å². The molecule has 0 amide bonds. The molecule has 8 aromatic carbocycles. The summed E-state index contributed by atoms with van der Waals surface area (Å²) in [7, 11) is -11.3. The van der Waals surface area contributed by atoms with Gasteiger partial charge >= 0.3 is 0 Å². The number of halogens is 2. The van der Waals surface area contributed by atoms with Gasteiger partial charge in [-0.15, -0.1) is 20.5 Å². The maximum atomic E-state index is 8.49. The molecule has 0 heterocycles. The van der Waals surface area contributed by atoms with Crippen LogP contribution < -0.4 is 79.7 Å². The van der Waals surface area contributed by atoms with E-state index in [1.807, 2.05) is 0 Å². The van der Waals surface area contributed by atoms with Gasteiger partial charge in [0.15, 0.2) is 0 Å². The Kier molecular flexibility index (Phi) is 28.0. The Labute approximate surface area is 434 Å². The maximum Gasteiger partial charge on any atom is 0 e. The fourth-order valence-corrected chi connectivity index (χ4v) is 17.6. The second kappa shape index (κ2) is 32.1. The third-order valence-corrected chi connectivity index (χ3v) is 20.4. The normalized spacial score (nSPS) is 10.9. The minimum atomic E-state index is -4.94. The standard InChI is InChI=1S/2C26H24P2.2ClHO4.2Rh/c2*1-5-13-23(14-6-1)27(24-15-7-2-8-16-24)21-22-28(25-17-9-3-10-18-25)26-19-11-4-12-20-26;2*2-1(3,4)5;;/h2*1-20H,21-22H2;2*(H,2,3,4,5);;/p-2. The van der Waals surface area contributed by atoms with E-state index < -0.39 is 20.5 Å². The summed E-state index contributed by atoms with van der Waals surface area (Å²) >= 11 is 0. The maximum absolute atomic E-state index is 8.49. The smallest absolute Gasteiger partial charge is 0 e. The van der Waals surface area contributed by atoms with Crippen LogP contribution in [0.1, 0.15) is 0 Å². The summed E-state index contributed by atoms with van der Waals surface area (Å²) in [6, 6.07) is 88.4. The second-order valence-corrected chi connectivity index (χ2v) is 24.9. The van der Waals surface area contributed by atoms with Gasteiger partial charge in [-0.3, -0.25) is 0 Å². The van der Waals surface area contributed by atoms with Gasteiger partial charge in [0.05, 0.1) is 0 Å². The van der Waals surface area contributed by atoms with Gasteiger partial charge < -0.3 is 0 Å². The van der Waals surface area contributed by atoms with E-state index in [0.29, 0.717) is 0 Å². The van der Waals surface area contributed by atoms with Crippen molar-refractivity contribution in [3.63, 3.8) is 0 Å². The summed E-state index contributed by atoms with van der Waals surface area (Å²) in [5.41, 5.74) is 0. The van der Waals surface area contributed by atoms with Gasteiger partial charge in [-0.2, -0.15) is 0 Å². The SMILES string of the molecule is [O-][Cl+3]([O-])([O-])[O-].[O-][Cl+3]([O-])([O-])[O-].[Rh].[Rh].c1ccc(P(CCP(c2ccccc2)c2ccccc2)c2ccccc2)cc1.c1ccc(P(CCP(c2ccccc2)c2ccccc2)c2ccccc2)cc1. The minimum absolute atomic E-state index is 0. The molecular formula is C52H48Cl2O8P4Rh2-2. The number of hydrogen-bond acceptors (Lipinski definition) is 8. The molecule has 0 aromatic heterocycles. The first kappa shape index (κ1) is 59.3. The van der Waals surface area contributed by atoms with Crippen molar-refractivity contribution in [2.24, 2.45) is 0 Å². The van der Waals surface area contributed by atoms with Crippen LogP contribution in [0.15, 0.2) is 243 Å². The van der Waals surface area contributed by atoms with E-state index in [4.69, 9.17) is 37.3 Å². The third kappa shape index (κ3) is 22.8. The monoisotopic (exact) mass is 1200 g/mol. The van der Waals surface area contributed by atoms with Crippen LogP contribution in [0.25, 0.3) is 0 Å². The van der Waals surface area contributed by atoms with Crippen molar-refractivity contribution in [2.45, 2.75) is 0 Å². The molecule has 0 spiro atoms. The zero-order valence-corrected chi connectivity index (χ0v) is 44.8. The van der Waals surface area contributed by atoms with Gasteiger partial charge in [0.25, 0.3) is 0 Å². The van der Waals surface area contributed by atoms with Crippen LogP contribution in [-0.2, 0) is 39.0 Å². The first-order valence-corrected chi connectivity index (χ1v) is 29.2. The molecular weight excluding hydrogens is 1150 g/mol. The molecule has 0 aliphatic rings. The number of hydrogen-bond donors (Lipinski definition) is 0. The first-order valence-electron chi connectivity index (χ1n) is 20.6. The van der Waals surface area contributed by atoms with Crippen LogP contribution in [0.5, 0.6) is 0 Å². The van der Waals surface area contributed by atoms with Crippen molar-refractivity contribution in [3.8, 4) is 0 Å². The topological polar surface area (TPSA) is 184 Å². The predicted octanol–water partition coefficient (Wildman–Crippen LogP) is 0.987. The fourth-order valence-electron chi connectivity index (χ4n) is 6.89. The van der Waals surface area contributed by atoms with Crippen LogP contribution in [0.2, 0.25) is 0 Å². The number of rotatable bonds is 14. The Bertz CT molecular complexity index is 1980. The van der Waals surface area contributed by atoms with Crippen molar-refractivity contribution in [1.29, 1.82) is 0 Å². The zero-order chi connectivity index (χ0) is 47.0. The molecule has 358 valence electrons. The molecule has 0 fully saturated rings. The average molecular weight is 1200 g/mol. The Morgan fingerprint density at radius 3 is 0.382 bits per heavy atom. The summed E-state index contributed by atoms with van der Waals surface area (Å²) in [5.74, 6) is 0. The van der Waals surface area contributed by atoms with Gasteiger partial charge in [-0.1, -0.05) is 243 Å². The first-order chi connectivity index (χ1) is 31.8. The summed E-state index contributed by atoms with van der Waals surface area (Å²) in [6.07, 6.45) is 4.83. The molecule has 0 saturated carbocycles. The molecule has 68 heavy (non-hydrogen) atoms.